The monoisotopic (exact) mass is 342 g/mol. The highest BCUT2D eigenvalue weighted by atomic mass is 16.6. The molecule has 5 nitrogen and oxygen atoms in total. The Hall–Kier alpha value is -2.04. The van der Waals surface area contributed by atoms with Gasteiger partial charge in [0.1, 0.15) is 6.61 Å². The molecule has 0 radical (unpaired) electrons. The van der Waals surface area contributed by atoms with Gasteiger partial charge in [0.25, 0.3) is 5.91 Å². The molecule has 3 aliphatic rings. The molecule has 134 valence electrons. The Kier molecular flexibility index (Phi) is 3.60. The van der Waals surface area contributed by atoms with Crippen molar-refractivity contribution < 1.29 is 14.3 Å². The second kappa shape index (κ2) is 5.48. The maximum atomic E-state index is 12.7. The van der Waals surface area contributed by atoms with Gasteiger partial charge in [0.15, 0.2) is 0 Å². The molecule has 0 unspecified atom stereocenters. The molecule has 2 amide bonds. The third kappa shape index (κ3) is 2.35. The Labute approximate surface area is 148 Å². The number of nitrogens with zero attached hydrogens (tertiary/aromatic N) is 1. The number of fused-ring (bicyclic) bond motifs is 2. The lowest BCUT2D eigenvalue weighted by Gasteiger charge is -2.39. The summed E-state index contributed by atoms with van der Waals surface area (Å²) in [6, 6.07) is 7.44. The van der Waals surface area contributed by atoms with Crippen LogP contribution in [0.15, 0.2) is 24.3 Å². The molecule has 1 aliphatic heterocycles. The fraction of sp³-hybridized carbons (Fsp3) is 0.600. The first kappa shape index (κ1) is 16.4. The predicted octanol–water partition coefficient (Wildman–Crippen LogP) is 3.59. The van der Waals surface area contributed by atoms with E-state index in [0.29, 0.717) is 24.6 Å². The first-order valence-corrected chi connectivity index (χ1v) is 9.18. The maximum Gasteiger partial charge on any atom is 0.414 e. The molecule has 0 spiro atoms. The van der Waals surface area contributed by atoms with E-state index in [0.717, 1.165) is 12.1 Å². The number of carbonyl (C=O) groups excluding carboxylic acids is 2. The molecular formula is C20H26N2O3. The van der Waals surface area contributed by atoms with Crippen molar-refractivity contribution in [2.45, 2.75) is 46.1 Å². The zero-order valence-corrected chi connectivity index (χ0v) is 15.2. The Bertz CT molecular complexity index is 712. The number of ether oxygens (including phenoxy) is 1. The van der Waals surface area contributed by atoms with E-state index in [2.05, 4.69) is 26.1 Å². The number of hydrogen-bond acceptors (Lipinski definition) is 3. The molecule has 1 saturated heterocycles. The van der Waals surface area contributed by atoms with E-state index in [1.54, 1.807) is 17.0 Å². The van der Waals surface area contributed by atoms with Crippen molar-refractivity contribution in [3.05, 3.63) is 29.8 Å². The quantitative estimate of drug-likeness (QED) is 0.913. The third-order valence-corrected chi connectivity index (χ3v) is 7.30. The lowest BCUT2D eigenvalue weighted by Crippen LogP contribution is -2.46. The van der Waals surface area contributed by atoms with Crippen LogP contribution in [0.2, 0.25) is 0 Å². The highest BCUT2D eigenvalue weighted by Gasteiger charge is 2.61. The van der Waals surface area contributed by atoms with E-state index in [1.165, 1.54) is 12.8 Å². The van der Waals surface area contributed by atoms with Crippen LogP contribution in [0, 0.1) is 16.7 Å². The van der Waals surface area contributed by atoms with Crippen molar-refractivity contribution in [1.29, 1.82) is 0 Å². The van der Waals surface area contributed by atoms with Gasteiger partial charge in [0.05, 0.1) is 6.54 Å². The molecule has 1 aromatic carbocycles. The van der Waals surface area contributed by atoms with Crippen LogP contribution in [0.25, 0.3) is 0 Å². The molecule has 2 saturated carbocycles. The summed E-state index contributed by atoms with van der Waals surface area (Å²) in [6.07, 6.45) is 3.21. The Morgan fingerprint density at radius 3 is 2.48 bits per heavy atom. The van der Waals surface area contributed by atoms with Crippen molar-refractivity contribution >= 4 is 17.7 Å². The molecule has 4 rings (SSSR count). The molecule has 1 heterocycles. The van der Waals surface area contributed by atoms with Crippen LogP contribution < -0.4 is 10.2 Å². The highest BCUT2D eigenvalue weighted by molar-refractivity contribution is 5.96. The van der Waals surface area contributed by atoms with Crippen molar-refractivity contribution in [2.24, 2.45) is 16.7 Å². The number of amides is 2. The van der Waals surface area contributed by atoms with Crippen molar-refractivity contribution in [3.8, 4) is 0 Å². The van der Waals surface area contributed by atoms with Gasteiger partial charge in [0, 0.05) is 17.3 Å². The van der Waals surface area contributed by atoms with Crippen LogP contribution in [0.1, 0.15) is 50.4 Å². The first-order valence-electron chi connectivity index (χ1n) is 9.18. The van der Waals surface area contributed by atoms with Crippen molar-refractivity contribution in [2.75, 3.05) is 18.1 Å². The van der Waals surface area contributed by atoms with Crippen LogP contribution in [-0.4, -0.2) is 31.2 Å². The minimum atomic E-state index is -0.325. The average Bonchev–Trinajstić information content (AvgIpc) is 3.16. The molecule has 2 aliphatic carbocycles. The van der Waals surface area contributed by atoms with Crippen LogP contribution in [0.5, 0.6) is 0 Å². The summed E-state index contributed by atoms with van der Waals surface area (Å²) >= 11 is 0. The van der Waals surface area contributed by atoms with Gasteiger partial charge in [-0.15, -0.1) is 0 Å². The van der Waals surface area contributed by atoms with Gasteiger partial charge in [-0.05, 0) is 60.3 Å². The first-order chi connectivity index (χ1) is 11.8. The molecule has 1 aromatic rings. The van der Waals surface area contributed by atoms with Crippen LogP contribution in [0.3, 0.4) is 0 Å². The van der Waals surface area contributed by atoms with Crippen molar-refractivity contribution in [3.63, 3.8) is 0 Å². The number of hydrogen-bond donors (Lipinski definition) is 1. The van der Waals surface area contributed by atoms with Gasteiger partial charge in [-0.1, -0.05) is 20.8 Å². The molecule has 3 atom stereocenters. The fourth-order valence-corrected chi connectivity index (χ4v) is 5.08. The minimum absolute atomic E-state index is 0.0230. The van der Waals surface area contributed by atoms with Gasteiger partial charge in [-0.25, -0.2) is 4.79 Å². The summed E-state index contributed by atoms with van der Waals surface area (Å²) < 4.78 is 4.95. The van der Waals surface area contributed by atoms with E-state index < -0.39 is 0 Å². The largest absolute Gasteiger partial charge is 0.447 e. The average molecular weight is 342 g/mol. The lowest BCUT2D eigenvalue weighted by atomic mass is 9.69. The number of anilines is 1. The Morgan fingerprint density at radius 1 is 1.24 bits per heavy atom. The summed E-state index contributed by atoms with van der Waals surface area (Å²) in [5, 5.41) is 3.28. The van der Waals surface area contributed by atoms with E-state index >= 15 is 0 Å². The molecule has 5 heteroatoms. The Balaban J connectivity index is 1.46. The Morgan fingerprint density at radius 2 is 1.96 bits per heavy atom. The standard InChI is InChI=1S/C20H26N2O3/c1-19(2)14-8-9-20(19,3)16(12-14)21-17(23)13-4-6-15(7-5-13)22-10-11-25-18(22)24/h4-7,14,16H,8-12H2,1-3H3,(H,21,23)/t14-,16+,20+/m0/s1. The zero-order chi connectivity index (χ0) is 17.8. The molecule has 1 N–H and O–H groups in total. The smallest absolute Gasteiger partial charge is 0.414 e. The predicted molar refractivity (Wildman–Crippen MR) is 95.6 cm³/mol. The summed E-state index contributed by atoms with van der Waals surface area (Å²) in [5.41, 5.74) is 1.87. The number of benzene rings is 1. The topological polar surface area (TPSA) is 58.6 Å². The second-order valence-corrected chi connectivity index (χ2v) is 8.45. The second-order valence-electron chi connectivity index (χ2n) is 8.45. The van der Waals surface area contributed by atoms with E-state index in [-0.39, 0.29) is 28.9 Å². The van der Waals surface area contributed by atoms with E-state index in [1.807, 2.05) is 12.1 Å². The van der Waals surface area contributed by atoms with Gasteiger partial charge in [-0.2, -0.15) is 0 Å². The normalized spacial score (nSPS) is 32.8. The van der Waals surface area contributed by atoms with Crippen molar-refractivity contribution in [1.82, 2.24) is 5.32 Å². The zero-order valence-electron chi connectivity index (χ0n) is 15.2. The summed E-state index contributed by atoms with van der Waals surface area (Å²) in [7, 11) is 0. The SMILES string of the molecule is CC1(C)[C@H]2CC[C@]1(C)[C@H](NC(=O)c1ccc(N3CCOC3=O)cc1)C2. The highest BCUT2D eigenvalue weighted by Crippen LogP contribution is 2.65. The number of cyclic esters (lactones) is 1. The molecular weight excluding hydrogens is 316 g/mol. The number of rotatable bonds is 3. The molecule has 2 bridgehead atoms. The third-order valence-electron chi connectivity index (χ3n) is 7.30. The number of nitrogens with one attached hydrogen (secondary N) is 1. The van der Waals surface area contributed by atoms with Gasteiger partial charge in [0.2, 0.25) is 0 Å². The number of carbonyl (C=O) groups is 2. The molecule has 25 heavy (non-hydrogen) atoms. The van der Waals surface area contributed by atoms with E-state index in [4.69, 9.17) is 4.74 Å². The van der Waals surface area contributed by atoms with Crippen LogP contribution in [-0.2, 0) is 4.74 Å². The summed E-state index contributed by atoms with van der Waals surface area (Å²) in [4.78, 5) is 25.9. The maximum absolute atomic E-state index is 12.7. The summed E-state index contributed by atoms with van der Waals surface area (Å²) in [5.74, 6) is 0.677. The molecule has 0 aromatic heterocycles. The van der Waals surface area contributed by atoms with E-state index in [9.17, 15) is 9.59 Å². The van der Waals surface area contributed by atoms with Gasteiger partial charge < -0.3 is 10.1 Å². The molecule has 3 fully saturated rings. The summed E-state index contributed by atoms with van der Waals surface area (Å²) in [6.45, 7) is 7.99. The lowest BCUT2D eigenvalue weighted by molar-refractivity contribution is 0.0826. The fourth-order valence-electron chi connectivity index (χ4n) is 5.08. The van der Waals surface area contributed by atoms with Gasteiger partial charge in [-0.3, -0.25) is 9.69 Å². The van der Waals surface area contributed by atoms with Crippen LogP contribution >= 0.6 is 0 Å². The van der Waals surface area contributed by atoms with Gasteiger partial charge >= 0.3 is 6.09 Å². The minimum Gasteiger partial charge on any atom is -0.447 e. The van der Waals surface area contributed by atoms with Crippen LogP contribution in [0.4, 0.5) is 10.5 Å².